The monoisotopic (exact) mass is 478 g/mol. The molecule has 2 N–H and O–H groups in total. The van der Waals surface area contributed by atoms with E-state index in [0.29, 0.717) is 11.4 Å². The molecule has 0 bridgehead atoms. The molecule has 26 heavy (non-hydrogen) atoms. The van der Waals surface area contributed by atoms with E-state index >= 15 is 0 Å². The number of hydrazone groups is 2. The number of hydrogen-bond donors (Lipinski definition) is 2. The summed E-state index contributed by atoms with van der Waals surface area (Å²) >= 11 is 6.70. The molecule has 0 saturated carbocycles. The lowest BCUT2D eigenvalue weighted by Gasteiger charge is -2.04. The average Bonchev–Trinajstić information content (AvgIpc) is 2.64. The minimum atomic E-state index is -0.895. The zero-order chi connectivity index (χ0) is 19.1. The highest BCUT2D eigenvalue weighted by Gasteiger charge is 2.12. The Bertz CT molecular complexity index is 786. The third kappa shape index (κ3) is 5.89. The number of hydrogen-bond acceptors (Lipinski definition) is 4. The first-order valence-corrected chi connectivity index (χ1v) is 9.16. The van der Waals surface area contributed by atoms with Gasteiger partial charge >= 0.3 is 11.8 Å². The van der Waals surface area contributed by atoms with Crippen LogP contribution < -0.4 is 10.9 Å². The highest BCUT2D eigenvalue weighted by molar-refractivity contribution is 9.10. The summed E-state index contributed by atoms with van der Waals surface area (Å²) in [5.74, 6) is -1.79. The summed E-state index contributed by atoms with van der Waals surface area (Å²) in [6.07, 6.45) is 0. The lowest BCUT2D eigenvalue weighted by Crippen LogP contribution is -2.36. The Morgan fingerprint density at radius 3 is 1.31 bits per heavy atom. The largest absolute Gasteiger partial charge is 0.331 e. The molecule has 0 aliphatic heterocycles. The normalized spacial score (nSPS) is 11.8. The third-order valence-electron chi connectivity index (χ3n) is 3.38. The van der Waals surface area contributed by atoms with Crippen molar-refractivity contribution < 1.29 is 9.59 Å². The van der Waals surface area contributed by atoms with Gasteiger partial charge in [0.15, 0.2) is 0 Å². The van der Waals surface area contributed by atoms with Crippen LogP contribution in [0.1, 0.15) is 25.0 Å². The summed E-state index contributed by atoms with van der Waals surface area (Å²) in [6.45, 7) is 3.47. The number of nitrogens with zero attached hydrogens (tertiary/aromatic N) is 2. The second-order valence-electron chi connectivity index (χ2n) is 5.29. The van der Waals surface area contributed by atoms with Crippen molar-refractivity contribution in [2.75, 3.05) is 0 Å². The Labute approximate surface area is 168 Å². The maximum absolute atomic E-state index is 11.8. The van der Waals surface area contributed by atoms with E-state index < -0.39 is 11.8 Å². The predicted octanol–water partition coefficient (Wildman–Crippen LogP) is 3.59. The first kappa shape index (κ1) is 20.0. The zero-order valence-electron chi connectivity index (χ0n) is 14.1. The van der Waals surface area contributed by atoms with Crippen LogP contribution in [0, 0.1) is 0 Å². The van der Waals surface area contributed by atoms with Crippen LogP contribution in [0.25, 0.3) is 0 Å². The van der Waals surface area contributed by atoms with Gasteiger partial charge in [0.05, 0.1) is 11.4 Å². The molecule has 0 spiro atoms. The highest BCUT2D eigenvalue weighted by atomic mass is 79.9. The molecular formula is C18H16Br2N4O2. The standard InChI is InChI=1S/C18H16Br2N4O2/c1-11(13-3-7-15(19)8-4-13)21-23-17(25)18(26)24-22-12(2)14-5-9-16(20)10-6-14/h3-10H,1-2H3,(H,23,25)(H,24,26). The minimum absolute atomic E-state index is 0.577. The molecule has 0 fully saturated rings. The van der Waals surface area contributed by atoms with Crippen LogP contribution in [0.2, 0.25) is 0 Å². The van der Waals surface area contributed by atoms with Crippen LogP contribution in [-0.4, -0.2) is 23.2 Å². The van der Waals surface area contributed by atoms with Crippen LogP contribution in [0.3, 0.4) is 0 Å². The van der Waals surface area contributed by atoms with Crippen molar-refractivity contribution in [3.63, 3.8) is 0 Å². The lowest BCUT2D eigenvalue weighted by atomic mass is 10.1. The number of carbonyl (C=O) groups is 2. The highest BCUT2D eigenvalue weighted by Crippen LogP contribution is 2.11. The Kier molecular flexibility index (Phi) is 7.23. The van der Waals surface area contributed by atoms with Crippen molar-refractivity contribution in [3.05, 3.63) is 68.6 Å². The summed E-state index contributed by atoms with van der Waals surface area (Å²) in [6, 6.07) is 14.8. The molecule has 8 heteroatoms. The van der Waals surface area contributed by atoms with Crippen LogP contribution in [0.15, 0.2) is 67.7 Å². The van der Waals surface area contributed by atoms with Gasteiger partial charge in [-0.25, -0.2) is 10.9 Å². The Hall–Kier alpha value is -2.32. The van der Waals surface area contributed by atoms with E-state index in [-0.39, 0.29) is 0 Å². The van der Waals surface area contributed by atoms with Crippen LogP contribution in [-0.2, 0) is 9.59 Å². The molecule has 134 valence electrons. The molecule has 0 atom stereocenters. The molecule has 6 nitrogen and oxygen atoms in total. The van der Waals surface area contributed by atoms with Crippen LogP contribution >= 0.6 is 31.9 Å². The van der Waals surface area contributed by atoms with Gasteiger partial charge in [-0.15, -0.1) is 0 Å². The Morgan fingerprint density at radius 1 is 0.692 bits per heavy atom. The summed E-state index contributed by atoms with van der Waals surface area (Å²) in [4.78, 5) is 23.6. The summed E-state index contributed by atoms with van der Waals surface area (Å²) in [7, 11) is 0. The molecular weight excluding hydrogens is 464 g/mol. The smallest absolute Gasteiger partial charge is 0.262 e. The molecule has 0 aliphatic carbocycles. The topological polar surface area (TPSA) is 82.9 Å². The molecule has 0 heterocycles. The lowest BCUT2D eigenvalue weighted by molar-refractivity contribution is -0.139. The van der Waals surface area contributed by atoms with Gasteiger partial charge in [-0.3, -0.25) is 9.59 Å². The molecule has 0 aromatic heterocycles. The van der Waals surface area contributed by atoms with Gasteiger partial charge in [0.2, 0.25) is 0 Å². The summed E-state index contributed by atoms with van der Waals surface area (Å²) in [5, 5.41) is 7.85. The van der Waals surface area contributed by atoms with Crippen molar-refractivity contribution in [2.24, 2.45) is 10.2 Å². The van der Waals surface area contributed by atoms with Gasteiger partial charge in [0.25, 0.3) is 0 Å². The molecule has 2 amide bonds. The van der Waals surface area contributed by atoms with Gasteiger partial charge in [-0.2, -0.15) is 10.2 Å². The van der Waals surface area contributed by atoms with E-state index in [1.165, 1.54) is 0 Å². The zero-order valence-corrected chi connectivity index (χ0v) is 17.3. The van der Waals surface area contributed by atoms with E-state index in [2.05, 4.69) is 52.9 Å². The second-order valence-corrected chi connectivity index (χ2v) is 7.12. The van der Waals surface area contributed by atoms with Crippen molar-refractivity contribution in [2.45, 2.75) is 13.8 Å². The third-order valence-corrected chi connectivity index (χ3v) is 4.44. The molecule has 0 unspecified atom stereocenters. The molecule has 2 aromatic rings. The second kappa shape index (κ2) is 9.40. The number of carbonyl (C=O) groups excluding carboxylic acids is 2. The fourth-order valence-electron chi connectivity index (χ4n) is 1.88. The fraction of sp³-hybridized carbons (Fsp3) is 0.111. The fourth-order valence-corrected chi connectivity index (χ4v) is 2.41. The van der Waals surface area contributed by atoms with Crippen molar-refractivity contribution in [1.29, 1.82) is 0 Å². The molecule has 0 aliphatic rings. The Balaban J connectivity index is 1.93. The van der Waals surface area contributed by atoms with E-state index in [0.717, 1.165) is 20.1 Å². The van der Waals surface area contributed by atoms with E-state index in [1.807, 2.05) is 48.5 Å². The quantitative estimate of drug-likeness (QED) is 0.399. The molecule has 0 radical (unpaired) electrons. The van der Waals surface area contributed by atoms with E-state index in [4.69, 9.17) is 0 Å². The van der Waals surface area contributed by atoms with Crippen molar-refractivity contribution >= 4 is 55.1 Å². The number of rotatable bonds is 4. The summed E-state index contributed by atoms with van der Waals surface area (Å²) < 4.78 is 1.88. The van der Waals surface area contributed by atoms with E-state index in [1.54, 1.807) is 13.8 Å². The minimum Gasteiger partial charge on any atom is -0.262 e. The first-order valence-electron chi connectivity index (χ1n) is 7.57. The maximum atomic E-state index is 11.8. The molecule has 0 saturated heterocycles. The average molecular weight is 480 g/mol. The Morgan fingerprint density at radius 2 is 1.00 bits per heavy atom. The van der Waals surface area contributed by atoms with Gasteiger partial charge in [0.1, 0.15) is 0 Å². The van der Waals surface area contributed by atoms with Gasteiger partial charge in [-0.05, 0) is 49.2 Å². The van der Waals surface area contributed by atoms with Gasteiger partial charge in [0, 0.05) is 8.95 Å². The van der Waals surface area contributed by atoms with E-state index in [9.17, 15) is 9.59 Å². The molecule has 2 rings (SSSR count). The summed E-state index contributed by atoms with van der Waals surface area (Å²) in [5.41, 5.74) is 7.25. The predicted molar refractivity (Wildman–Crippen MR) is 109 cm³/mol. The number of amides is 2. The number of nitrogens with one attached hydrogen (secondary N) is 2. The van der Waals surface area contributed by atoms with Crippen LogP contribution in [0.5, 0.6) is 0 Å². The van der Waals surface area contributed by atoms with Crippen molar-refractivity contribution in [1.82, 2.24) is 10.9 Å². The van der Waals surface area contributed by atoms with Crippen LogP contribution in [0.4, 0.5) is 0 Å². The number of benzene rings is 2. The van der Waals surface area contributed by atoms with Gasteiger partial charge < -0.3 is 0 Å². The van der Waals surface area contributed by atoms with Gasteiger partial charge in [-0.1, -0.05) is 56.1 Å². The number of halogens is 2. The molecule has 2 aromatic carbocycles. The first-order chi connectivity index (χ1) is 12.4. The van der Waals surface area contributed by atoms with Crippen molar-refractivity contribution in [3.8, 4) is 0 Å². The SMILES string of the molecule is CC(=NNC(=O)C(=O)NN=C(C)c1ccc(Br)cc1)c1ccc(Br)cc1. The maximum Gasteiger partial charge on any atom is 0.331 e.